The molecule has 0 aliphatic rings. The third kappa shape index (κ3) is 4.06. The molecule has 0 rings (SSSR count). The molecule has 0 saturated carbocycles. The number of rotatable bonds is 6. The molecule has 0 aromatic heterocycles. The van der Waals surface area contributed by atoms with Crippen molar-refractivity contribution < 1.29 is 18.3 Å². The SMILES string of the molecule is CCS(=O)(=O)N(CCC(=O)O)C(C)C. The van der Waals surface area contributed by atoms with E-state index in [1.165, 1.54) is 4.31 Å². The van der Waals surface area contributed by atoms with Gasteiger partial charge < -0.3 is 5.11 Å². The average molecular weight is 223 g/mol. The minimum Gasteiger partial charge on any atom is -0.481 e. The molecule has 0 amide bonds. The van der Waals surface area contributed by atoms with E-state index < -0.39 is 16.0 Å². The van der Waals surface area contributed by atoms with Crippen LogP contribution >= 0.6 is 0 Å². The summed E-state index contributed by atoms with van der Waals surface area (Å²) in [5, 5.41) is 8.46. The Hall–Kier alpha value is -0.620. The van der Waals surface area contributed by atoms with Gasteiger partial charge in [-0.2, -0.15) is 4.31 Å². The van der Waals surface area contributed by atoms with E-state index >= 15 is 0 Å². The molecule has 0 fully saturated rings. The molecular weight excluding hydrogens is 206 g/mol. The highest BCUT2D eigenvalue weighted by Gasteiger charge is 2.23. The maximum Gasteiger partial charge on any atom is 0.304 e. The molecule has 0 aromatic rings. The van der Waals surface area contributed by atoms with Crippen LogP contribution < -0.4 is 0 Å². The zero-order valence-electron chi connectivity index (χ0n) is 8.73. The van der Waals surface area contributed by atoms with Crippen molar-refractivity contribution in [3.8, 4) is 0 Å². The van der Waals surface area contributed by atoms with Crippen LogP contribution in [-0.4, -0.2) is 42.1 Å². The number of carbonyl (C=O) groups is 1. The van der Waals surface area contributed by atoms with Crippen molar-refractivity contribution >= 4 is 16.0 Å². The van der Waals surface area contributed by atoms with Crippen molar-refractivity contribution in [3.63, 3.8) is 0 Å². The molecule has 5 nitrogen and oxygen atoms in total. The third-order valence-corrected chi connectivity index (χ3v) is 3.89. The maximum atomic E-state index is 11.5. The van der Waals surface area contributed by atoms with Gasteiger partial charge in [0.05, 0.1) is 12.2 Å². The van der Waals surface area contributed by atoms with Gasteiger partial charge in [-0.05, 0) is 20.8 Å². The highest BCUT2D eigenvalue weighted by molar-refractivity contribution is 7.89. The van der Waals surface area contributed by atoms with E-state index in [0.29, 0.717) is 0 Å². The standard InChI is InChI=1S/C8H17NO4S/c1-4-14(12,13)9(7(2)3)6-5-8(10)11/h7H,4-6H2,1-3H3,(H,10,11). The Bertz CT molecular complexity index is 284. The summed E-state index contributed by atoms with van der Waals surface area (Å²) in [5.74, 6) is -0.980. The van der Waals surface area contributed by atoms with Crippen molar-refractivity contribution in [3.05, 3.63) is 0 Å². The smallest absolute Gasteiger partial charge is 0.304 e. The van der Waals surface area contributed by atoms with E-state index in [0.717, 1.165) is 0 Å². The van der Waals surface area contributed by atoms with Gasteiger partial charge in [0.15, 0.2) is 0 Å². The summed E-state index contributed by atoms with van der Waals surface area (Å²) >= 11 is 0. The molecule has 0 spiro atoms. The fourth-order valence-corrected chi connectivity index (χ4v) is 2.43. The van der Waals surface area contributed by atoms with Crippen LogP contribution in [0.15, 0.2) is 0 Å². The fraction of sp³-hybridized carbons (Fsp3) is 0.875. The molecule has 0 aliphatic heterocycles. The molecule has 0 bridgehead atoms. The molecule has 0 aliphatic carbocycles. The zero-order valence-corrected chi connectivity index (χ0v) is 9.54. The largest absolute Gasteiger partial charge is 0.481 e. The van der Waals surface area contributed by atoms with Crippen LogP contribution in [0, 0.1) is 0 Å². The van der Waals surface area contributed by atoms with Crippen molar-refractivity contribution in [2.75, 3.05) is 12.3 Å². The molecule has 6 heteroatoms. The summed E-state index contributed by atoms with van der Waals surface area (Å²) < 4.78 is 24.2. The summed E-state index contributed by atoms with van der Waals surface area (Å²) in [5.41, 5.74) is 0. The number of sulfonamides is 1. The molecule has 0 unspecified atom stereocenters. The first kappa shape index (κ1) is 13.4. The van der Waals surface area contributed by atoms with Gasteiger partial charge in [0, 0.05) is 12.6 Å². The number of carboxylic acids is 1. The Kier molecular flexibility index (Phi) is 5.07. The van der Waals surface area contributed by atoms with E-state index in [-0.39, 0.29) is 24.8 Å². The Morgan fingerprint density at radius 1 is 1.43 bits per heavy atom. The lowest BCUT2D eigenvalue weighted by Crippen LogP contribution is -2.39. The van der Waals surface area contributed by atoms with Crippen molar-refractivity contribution in [1.29, 1.82) is 0 Å². The van der Waals surface area contributed by atoms with Crippen molar-refractivity contribution in [2.45, 2.75) is 33.2 Å². The summed E-state index contributed by atoms with van der Waals surface area (Å²) in [7, 11) is -3.29. The number of hydrogen-bond acceptors (Lipinski definition) is 3. The zero-order chi connectivity index (χ0) is 11.4. The van der Waals surface area contributed by atoms with Gasteiger partial charge in [0.1, 0.15) is 0 Å². The van der Waals surface area contributed by atoms with Crippen LogP contribution in [0.1, 0.15) is 27.2 Å². The van der Waals surface area contributed by atoms with Gasteiger partial charge in [-0.3, -0.25) is 4.79 Å². The molecule has 84 valence electrons. The fourth-order valence-electron chi connectivity index (χ4n) is 1.09. The van der Waals surface area contributed by atoms with Crippen molar-refractivity contribution in [1.82, 2.24) is 4.31 Å². The molecule has 0 atom stereocenters. The van der Waals surface area contributed by atoms with E-state index in [2.05, 4.69) is 0 Å². The monoisotopic (exact) mass is 223 g/mol. The lowest BCUT2D eigenvalue weighted by Gasteiger charge is -2.24. The van der Waals surface area contributed by atoms with Gasteiger partial charge in [-0.25, -0.2) is 8.42 Å². The van der Waals surface area contributed by atoms with E-state index in [9.17, 15) is 13.2 Å². The second-order valence-electron chi connectivity index (χ2n) is 3.25. The number of hydrogen-bond donors (Lipinski definition) is 1. The first-order chi connectivity index (χ1) is 6.31. The molecule has 0 aromatic carbocycles. The topological polar surface area (TPSA) is 74.7 Å². The first-order valence-corrected chi connectivity index (χ1v) is 6.13. The van der Waals surface area contributed by atoms with Crippen molar-refractivity contribution in [2.24, 2.45) is 0 Å². The Balaban J connectivity index is 4.54. The molecule has 0 heterocycles. The van der Waals surface area contributed by atoms with Gasteiger partial charge >= 0.3 is 5.97 Å². The van der Waals surface area contributed by atoms with Crippen LogP contribution in [0.25, 0.3) is 0 Å². The Labute approximate surface area is 84.8 Å². The highest BCUT2D eigenvalue weighted by Crippen LogP contribution is 2.08. The minimum atomic E-state index is -3.29. The average Bonchev–Trinajstić information content (AvgIpc) is 2.03. The van der Waals surface area contributed by atoms with E-state index in [1.54, 1.807) is 20.8 Å². The maximum absolute atomic E-state index is 11.5. The number of aliphatic carboxylic acids is 1. The molecule has 14 heavy (non-hydrogen) atoms. The lowest BCUT2D eigenvalue weighted by molar-refractivity contribution is -0.137. The normalized spacial score (nSPS) is 12.4. The van der Waals surface area contributed by atoms with Gasteiger partial charge in [0.25, 0.3) is 0 Å². The quantitative estimate of drug-likeness (QED) is 0.712. The van der Waals surface area contributed by atoms with Crippen LogP contribution in [0.5, 0.6) is 0 Å². The predicted molar refractivity (Wildman–Crippen MR) is 53.6 cm³/mol. The molecule has 0 saturated heterocycles. The van der Waals surface area contributed by atoms with Crippen LogP contribution in [-0.2, 0) is 14.8 Å². The molecular formula is C8H17NO4S. The van der Waals surface area contributed by atoms with Gasteiger partial charge in [-0.1, -0.05) is 0 Å². The van der Waals surface area contributed by atoms with Crippen LogP contribution in [0.3, 0.4) is 0 Å². The summed E-state index contributed by atoms with van der Waals surface area (Å²) in [6.45, 7) is 5.05. The third-order valence-electron chi connectivity index (χ3n) is 1.84. The number of nitrogens with zero attached hydrogens (tertiary/aromatic N) is 1. The van der Waals surface area contributed by atoms with Crippen LogP contribution in [0.4, 0.5) is 0 Å². The van der Waals surface area contributed by atoms with Gasteiger partial charge in [0.2, 0.25) is 10.0 Å². The Morgan fingerprint density at radius 3 is 2.21 bits per heavy atom. The molecule has 0 radical (unpaired) electrons. The van der Waals surface area contributed by atoms with Crippen LogP contribution in [0.2, 0.25) is 0 Å². The predicted octanol–water partition coefficient (Wildman–Crippen LogP) is 0.521. The second-order valence-corrected chi connectivity index (χ2v) is 5.46. The first-order valence-electron chi connectivity index (χ1n) is 4.52. The van der Waals surface area contributed by atoms with E-state index in [1.807, 2.05) is 0 Å². The summed E-state index contributed by atoms with van der Waals surface area (Å²) in [6, 6.07) is -0.195. The minimum absolute atomic E-state index is 0.00476. The second kappa shape index (κ2) is 5.31. The highest BCUT2D eigenvalue weighted by atomic mass is 32.2. The lowest BCUT2D eigenvalue weighted by atomic mass is 10.3. The number of carboxylic acid groups (broad SMARTS) is 1. The summed E-state index contributed by atoms with van der Waals surface area (Å²) in [6.07, 6.45) is -0.155. The Morgan fingerprint density at radius 2 is 1.93 bits per heavy atom. The molecule has 1 N–H and O–H groups in total. The van der Waals surface area contributed by atoms with Gasteiger partial charge in [-0.15, -0.1) is 0 Å². The summed E-state index contributed by atoms with van der Waals surface area (Å²) in [4.78, 5) is 10.3. The van der Waals surface area contributed by atoms with E-state index in [4.69, 9.17) is 5.11 Å².